The van der Waals surface area contributed by atoms with Crippen molar-refractivity contribution in [3.63, 3.8) is 0 Å². The van der Waals surface area contributed by atoms with Gasteiger partial charge in [-0.2, -0.15) is 0 Å². The van der Waals surface area contributed by atoms with Crippen LogP contribution in [0.1, 0.15) is 35.0 Å². The van der Waals surface area contributed by atoms with Crippen molar-refractivity contribution in [1.82, 2.24) is 10.6 Å². The molecule has 2 N–H and O–H groups in total. The Hall–Kier alpha value is -0.230. The Balaban J connectivity index is 0.00000161. The number of nitrogens with one attached hydrogen (secondary N) is 2. The van der Waals surface area contributed by atoms with Crippen LogP contribution in [0.2, 0.25) is 0 Å². The number of fused-ring (bicyclic) bond motifs is 1. The third-order valence-corrected chi connectivity index (χ3v) is 6.40. The van der Waals surface area contributed by atoms with E-state index in [1.54, 1.807) is 23.1 Å². The predicted molar refractivity (Wildman–Crippen MR) is 93.7 cm³/mol. The summed E-state index contributed by atoms with van der Waals surface area (Å²) in [5.41, 5.74) is 1.25. The summed E-state index contributed by atoms with van der Waals surface area (Å²) in [5.74, 6) is 2.01. The zero-order chi connectivity index (χ0) is 13.8. The lowest BCUT2D eigenvalue weighted by Crippen LogP contribution is -2.34. The molecule has 2 unspecified atom stereocenters. The van der Waals surface area contributed by atoms with Gasteiger partial charge in [-0.15, -0.1) is 35.5 Å². The minimum absolute atomic E-state index is 0. The Morgan fingerprint density at radius 3 is 3.19 bits per heavy atom. The summed E-state index contributed by atoms with van der Waals surface area (Å²) in [4.78, 5) is 13.8. The molecular weight excluding hydrogens is 324 g/mol. The molecule has 2 aliphatic heterocycles. The van der Waals surface area contributed by atoms with E-state index in [0.717, 1.165) is 44.1 Å². The van der Waals surface area contributed by atoms with E-state index in [2.05, 4.69) is 22.1 Å². The van der Waals surface area contributed by atoms with Gasteiger partial charge in [-0.1, -0.05) is 0 Å². The van der Waals surface area contributed by atoms with Gasteiger partial charge < -0.3 is 10.6 Å². The molecule has 0 radical (unpaired) electrons. The summed E-state index contributed by atoms with van der Waals surface area (Å²) >= 11 is 3.58. The highest BCUT2D eigenvalue weighted by molar-refractivity contribution is 8.00. The maximum Gasteiger partial charge on any atom is 0.237 e. The number of halogens is 1. The normalized spacial score (nSPS) is 24.8. The van der Waals surface area contributed by atoms with Gasteiger partial charge in [-0.3, -0.25) is 4.79 Å². The molecule has 0 bridgehead atoms. The molecule has 1 aromatic heterocycles. The first-order chi connectivity index (χ1) is 9.84. The molecule has 0 aliphatic carbocycles. The van der Waals surface area contributed by atoms with Gasteiger partial charge in [0.05, 0.1) is 0 Å². The van der Waals surface area contributed by atoms with E-state index < -0.39 is 0 Å². The standard InChI is InChI=1S/C15H22N2OS2.ClH/c18-15(17-7-3-11-2-1-6-16-10-11)14-12-4-8-19-13(12)5-9-20-14;/h4,8,11,14,16H,1-3,5-7,9-10H2,(H,17,18);1H. The minimum Gasteiger partial charge on any atom is -0.355 e. The first-order valence-electron chi connectivity index (χ1n) is 7.51. The molecule has 118 valence electrons. The van der Waals surface area contributed by atoms with Crippen molar-refractivity contribution in [3.8, 4) is 0 Å². The van der Waals surface area contributed by atoms with Crippen LogP contribution in [0.25, 0.3) is 0 Å². The van der Waals surface area contributed by atoms with Crippen molar-refractivity contribution in [2.45, 2.75) is 30.9 Å². The van der Waals surface area contributed by atoms with Gasteiger partial charge in [0.25, 0.3) is 0 Å². The van der Waals surface area contributed by atoms with Crippen LogP contribution in [0.4, 0.5) is 0 Å². The average Bonchev–Trinajstić information content (AvgIpc) is 2.96. The van der Waals surface area contributed by atoms with Crippen LogP contribution in [-0.2, 0) is 11.2 Å². The lowest BCUT2D eigenvalue weighted by molar-refractivity contribution is -0.120. The van der Waals surface area contributed by atoms with E-state index in [0.29, 0.717) is 0 Å². The summed E-state index contributed by atoms with van der Waals surface area (Å²) in [5, 5.41) is 8.72. The largest absolute Gasteiger partial charge is 0.355 e. The van der Waals surface area contributed by atoms with Crippen molar-refractivity contribution in [1.29, 1.82) is 0 Å². The zero-order valence-corrected chi connectivity index (χ0v) is 14.5. The van der Waals surface area contributed by atoms with Gasteiger partial charge in [-0.05, 0) is 67.5 Å². The number of thiophene rings is 1. The molecule has 1 fully saturated rings. The Bertz CT molecular complexity index is 460. The third-order valence-electron chi connectivity index (χ3n) is 4.16. The highest BCUT2D eigenvalue weighted by Gasteiger charge is 2.27. The number of hydrogen-bond donors (Lipinski definition) is 2. The zero-order valence-electron chi connectivity index (χ0n) is 12.1. The van der Waals surface area contributed by atoms with Crippen LogP contribution in [0.5, 0.6) is 0 Å². The highest BCUT2D eigenvalue weighted by Crippen LogP contribution is 2.39. The quantitative estimate of drug-likeness (QED) is 0.880. The molecule has 0 spiro atoms. The highest BCUT2D eigenvalue weighted by atomic mass is 35.5. The third kappa shape index (κ3) is 4.38. The molecule has 3 rings (SSSR count). The van der Waals surface area contributed by atoms with E-state index in [1.165, 1.54) is 23.3 Å². The second-order valence-electron chi connectivity index (χ2n) is 5.59. The van der Waals surface area contributed by atoms with Crippen molar-refractivity contribution in [2.24, 2.45) is 5.92 Å². The van der Waals surface area contributed by atoms with Crippen LogP contribution < -0.4 is 10.6 Å². The van der Waals surface area contributed by atoms with Crippen molar-refractivity contribution < 1.29 is 4.79 Å². The first-order valence-corrected chi connectivity index (χ1v) is 9.44. The SMILES string of the molecule is Cl.O=C(NCCC1CCCNC1)C1SCCc2sccc21. The molecule has 1 aromatic rings. The number of aryl methyl sites for hydroxylation is 1. The molecule has 6 heteroatoms. The van der Waals surface area contributed by atoms with Gasteiger partial charge in [0.1, 0.15) is 5.25 Å². The number of thioether (sulfide) groups is 1. The molecule has 21 heavy (non-hydrogen) atoms. The second kappa shape index (κ2) is 8.42. The Morgan fingerprint density at radius 2 is 2.38 bits per heavy atom. The molecule has 0 aromatic carbocycles. The lowest BCUT2D eigenvalue weighted by Gasteiger charge is -2.24. The maximum atomic E-state index is 12.4. The summed E-state index contributed by atoms with van der Waals surface area (Å²) < 4.78 is 0. The number of piperidine rings is 1. The minimum atomic E-state index is 0. The number of carbonyl (C=O) groups is 1. The van der Waals surface area contributed by atoms with Crippen molar-refractivity contribution in [3.05, 3.63) is 21.9 Å². The molecule has 1 saturated heterocycles. The summed E-state index contributed by atoms with van der Waals surface area (Å²) in [7, 11) is 0. The smallest absolute Gasteiger partial charge is 0.237 e. The maximum absolute atomic E-state index is 12.4. The van der Waals surface area contributed by atoms with Crippen LogP contribution in [0.15, 0.2) is 11.4 Å². The second-order valence-corrected chi connectivity index (χ2v) is 7.81. The molecule has 1 amide bonds. The van der Waals surface area contributed by atoms with Crippen LogP contribution >= 0.6 is 35.5 Å². The van der Waals surface area contributed by atoms with Gasteiger partial charge >= 0.3 is 0 Å². The molecule has 2 atom stereocenters. The summed E-state index contributed by atoms with van der Waals surface area (Å²) in [6.45, 7) is 3.09. The van der Waals surface area contributed by atoms with Crippen LogP contribution in [-0.4, -0.2) is 31.3 Å². The van der Waals surface area contributed by atoms with E-state index in [1.807, 2.05) is 0 Å². The fourth-order valence-electron chi connectivity index (χ4n) is 3.03. The van der Waals surface area contributed by atoms with E-state index in [-0.39, 0.29) is 23.6 Å². The van der Waals surface area contributed by atoms with Crippen LogP contribution in [0, 0.1) is 5.92 Å². The van der Waals surface area contributed by atoms with Gasteiger partial charge in [0.2, 0.25) is 5.91 Å². The van der Waals surface area contributed by atoms with Crippen molar-refractivity contribution >= 4 is 41.4 Å². The monoisotopic (exact) mass is 346 g/mol. The predicted octanol–water partition coefficient (Wildman–Crippen LogP) is 3.01. The lowest BCUT2D eigenvalue weighted by atomic mass is 9.96. The Kier molecular flexibility index (Phi) is 6.86. The summed E-state index contributed by atoms with van der Waals surface area (Å²) in [6, 6.07) is 2.13. The Labute approximate surface area is 141 Å². The fourth-order valence-corrected chi connectivity index (χ4v) is 5.34. The number of hydrogen-bond acceptors (Lipinski definition) is 4. The average molecular weight is 347 g/mol. The van der Waals surface area contributed by atoms with Gasteiger partial charge in [-0.25, -0.2) is 0 Å². The topological polar surface area (TPSA) is 41.1 Å². The fraction of sp³-hybridized carbons (Fsp3) is 0.667. The van der Waals surface area contributed by atoms with E-state index in [4.69, 9.17) is 0 Å². The Morgan fingerprint density at radius 1 is 1.48 bits per heavy atom. The number of carbonyl (C=O) groups excluding carboxylic acids is 1. The van der Waals surface area contributed by atoms with Gasteiger partial charge in [0, 0.05) is 11.4 Å². The molecular formula is C15H23ClN2OS2. The van der Waals surface area contributed by atoms with E-state index >= 15 is 0 Å². The summed E-state index contributed by atoms with van der Waals surface area (Å²) in [6.07, 6.45) is 4.80. The molecule has 2 aliphatic rings. The number of rotatable bonds is 4. The van der Waals surface area contributed by atoms with Gasteiger partial charge in [0.15, 0.2) is 0 Å². The number of amides is 1. The van der Waals surface area contributed by atoms with Crippen molar-refractivity contribution in [2.75, 3.05) is 25.4 Å². The van der Waals surface area contributed by atoms with Crippen LogP contribution in [0.3, 0.4) is 0 Å². The molecule has 0 saturated carbocycles. The molecule has 3 heterocycles. The molecule has 3 nitrogen and oxygen atoms in total. The van der Waals surface area contributed by atoms with E-state index in [9.17, 15) is 4.79 Å². The first kappa shape index (κ1) is 17.1.